The number of hydrogen-bond donors (Lipinski definition) is 1. The molecule has 0 aliphatic rings. The fourth-order valence-electron chi connectivity index (χ4n) is 1.11. The normalized spacial score (nSPS) is 14.7. The Morgan fingerprint density at radius 1 is 1.67 bits per heavy atom. The van der Waals surface area contributed by atoms with Gasteiger partial charge in [-0.1, -0.05) is 18.5 Å². The largest absolute Gasteiger partial charge is 0.382 e. The summed E-state index contributed by atoms with van der Waals surface area (Å²) in [7, 11) is 0. The fraction of sp³-hybridized carbons (Fsp3) is 0.455. The Balaban J connectivity index is 2.80. The molecule has 1 N–H and O–H groups in total. The van der Waals surface area contributed by atoms with Crippen LogP contribution in [0.1, 0.15) is 25.8 Å². The number of rotatable bonds is 4. The molecule has 15 heavy (non-hydrogen) atoms. The molecule has 0 aromatic carbocycles. The Labute approximate surface area is 94.1 Å². The van der Waals surface area contributed by atoms with Crippen LogP contribution >= 0.6 is 11.6 Å². The molecule has 1 unspecified atom stereocenters. The molecule has 1 rings (SSSR count). The lowest BCUT2D eigenvalue weighted by atomic mass is 9.93. The van der Waals surface area contributed by atoms with E-state index in [-0.39, 0.29) is 12.2 Å². The predicted octanol–water partition coefficient (Wildman–Crippen LogP) is 2.01. The molecule has 0 bridgehead atoms. The maximum atomic E-state index is 11.7. The number of carbonyl (C=O) groups is 1. The molecule has 1 aromatic rings. The molecule has 3 nitrogen and oxygen atoms in total. The number of aliphatic hydroxyl groups is 1. The van der Waals surface area contributed by atoms with Gasteiger partial charge < -0.3 is 5.11 Å². The first-order valence-corrected chi connectivity index (χ1v) is 5.19. The van der Waals surface area contributed by atoms with Crippen molar-refractivity contribution >= 4 is 17.4 Å². The van der Waals surface area contributed by atoms with Gasteiger partial charge in [-0.2, -0.15) is 0 Å². The molecule has 0 spiro atoms. The molecular formula is C11H14ClNO2. The van der Waals surface area contributed by atoms with Crippen LogP contribution in [0.5, 0.6) is 0 Å². The van der Waals surface area contributed by atoms with Gasteiger partial charge in [-0.05, 0) is 25.0 Å². The third-order valence-corrected chi connectivity index (χ3v) is 2.84. The highest BCUT2D eigenvalue weighted by atomic mass is 35.5. The van der Waals surface area contributed by atoms with Gasteiger partial charge in [0.2, 0.25) is 0 Å². The van der Waals surface area contributed by atoms with E-state index in [1.807, 2.05) is 0 Å². The van der Waals surface area contributed by atoms with E-state index in [2.05, 4.69) is 4.98 Å². The number of pyridine rings is 1. The summed E-state index contributed by atoms with van der Waals surface area (Å²) in [6, 6.07) is 1.69. The van der Waals surface area contributed by atoms with Gasteiger partial charge in [-0.15, -0.1) is 0 Å². The number of ketones is 1. The number of carbonyl (C=O) groups excluding carboxylic acids is 1. The molecule has 1 aromatic heterocycles. The minimum Gasteiger partial charge on any atom is -0.382 e. The van der Waals surface area contributed by atoms with Crippen LogP contribution in [0.2, 0.25) is 5.02 Å². The van der Waals surface area contributed by atoms with Crippen LogP contribution in [-0.2, 0) is 11.2 Å². The summed E-state index contributed by atoms with van der Waals surface area (Å²) in [5.74, 6) is -0.224. The van der Waals surface area contributed by atoms with Gasteiger partial charge in [-0.3, -0.25) is 9.78 Å². The summed E-state index contributed by atoms with van der Waals surface area (Å²) in [6.45, 7) is 3.29. The molecule has 82 valence electrons. The highest BCUT2D eigenvalue weighted by Crippen LogP contribution is 2.18. The number of aromatic nitrogens is 1. The number of hydrogen-bond acceptors (Lipinski definition) is 3. The summed E-state index contributed by atoms with van der Waals surface area (Å²) in [6.07, 6.45) is 3.61. The minimum atomic E-state index is -1.27. The second-order valence-corrected chi connectivity index (χ2v) is 4.10. The van der Waals surface area contributed by atoms with Gasteiger partial charge in [0.15, 0.2) is 5.78 Å². The van der Waals surface area contributed by atoms with Crippen molar-refractivity contribution in [3.8, 4) is 0 Å². The van der Waals surface area contributed by atoms with Crippen molar-refractivity contribution in [2.75, 3.05) is 0 Å². The average molecular weight is 228 g/mol. The summed E-state index contributed by atoms with van der Waals surface area (Å²) >= 11 is 5.87. The fourth-order valence-corrected chi connectivity index (χ4v) is 1.29. The Hall–Kier alpha value is -0.930. The molecule has 0 saturated heterocycles. The SMILES string of the molecule is CCC(C)(O)C(=O)Cc1ccncc1Cl. The van der Waals surface area contributed by atoms with Gasteiger partial charge in [0, 0.05) is 18.8 Å². The number of Topliss-reactive ketones (excluding diaryl/α,β-unsaturated/α-hetero) is 1. The van der Waals surface area contributed by atoms with Gasteiger partial charge >= 0.3 is 0 Å². The number of nitrogens with zero attached hydrogens (tertiary/aromatic N) is 1. The van der Waals surface area contributed by atoms with Crippen LogP contribution in [-0.4, -0.2) is 21.5 Å². The molecule has 0 radical (unpaired) electrons. The topological polar surface area (TPSA) is 50.2 Å². The first kappa shape index (κ1) is 12.1. The molecule has 0 amide bonds. The van der Waals surface area contributed by atoms with E-state index in [1.165, 1.54) is 13.1 Å². The van der Waals surface area contributed by atoms with E-state index in [4.69, 9.17) is 11.6 Å². The summed E-state index contributed by atoms with van der Waals surface area (Å²) in [5, 5.41) is 10.2. The lowest BCUT2D eigenvalue weighted by molar-refractivity contribution is -0.135. The summed E-state index contributed by atoms with van der Waals surface area (Å²) in [5.41, 5.74) is -0.572. The monoisotopic (exact) mass is 227 g/mol. The van der Waals surface area contributed by atoms with Crippen molar-refractivity contribution < 1.29 is 9.90 Å². The molecule has 1 atom stereocenters. The van der Waals surface area contributed by atoms with Crippen molar-refractivity contribution in [3.63, 3.8) is 0 Å². The van der Waals surface area contributed by atoms with Gasteiger partial charge in [-0.25, -0.2) is 0 Å². The Kier molecular flexibility index (Phi) is 3.83. The smallest absolute Gasteiger partial charge is 0.168 e. The van der Waals surface area contributed by atoms with Crippen LogP contribution in [0.25, 0.3) is 0 Å². The molecule has 0 aliphatic heterocycles. The van der Waals surface area contributed by atoms with Crippen LogP contribution in [0.15, 0.2) is 18.5 Å². The maximum absolute atomic E-state index is 11.7. The average Bonchev–Trinajstić information content (AvgIpc) is 2.21. The van der Waals surface area contributed by atoms with Gasteiger partial charge in [0.25, 0.3) is 0 Å². The van der Waals surface area contributed by atoms with Crippen molar-refractivity contribution in [2.24, 2.45) is 0 Å². The zero-order valence-corrected chi connectivity index (χ0v) is 9.58. The molecule has 0 aliphatic carbocycles. The second-order valence-electron chi connectivity index (χ2n) is 3.69. The number of halogens is 1. The Bertz CT molecular complexity index is 363. The van der Waals surface area contributed by atoms with Gasteiger partial charge in [0.05, 0.1) is 5.02 Å². The Morgan fingerprint density at radius 3 is 2.87 bits per heavy atom. The van der Waals surface area contributed by atoms with E-state index in [9.17, 15) is 9.90 Å². The molecule has 0 saturated carbocycles. The molecule has 0 fully saturated rings. The van der Waals surface area contributed by atoms with Gasteiger partial charge in [0.1, 0.15) is 5.60 Å². The highest BCUT2D eigenvalue weighted by molar-refractivity contribution is 6.31. The van der Waals surface area contributed by atoms with Crippen molar-refractivity contribution in [3.05, 3.63) is 29.0 Å². The van der Waals surface area contributed by atoms with E-state index >= 15 is 0 Å². The van der Waals surface area contributed by atoms with Crippen LogP contribution in [0.4, 0.5) is 0 Å². The maximum Gasteiger partial charge on any atom is 0.168 e. The van der Waals surface area contributed by atoms with E-state index < -0.39 is 5.60 Å². The van der Waals surface area contributed by atoms with Crippen LogP contribution < -0.4 is 0 Å². The first-order chi connectivity index (χ1) is 6.97. The second kappa shape index (κ2) is 4.73. The highest BCUT2D eigenvalue weighted by Gasteiger charge is 2.27. The molecular weight excluding hydrogens is 214 g/mol. The van der Waals surface area contributed by atoms with E-state index in [0.717, 1.165) is 0 Å². The third kappa shape index (κ3) is 3.01. The zero-order chi connectivity index (χ0) is 11.5. The lowest BCUT2D eigenvalue weighted by Gasteiger charge is -2.19. The Morgan fingerprint density at radius 2 is 2.33 bits per heavy atom. The third-order valence-electron chi connectivity index (χ3n) is 2.50. The minimum absolute atomic E-state index is 0.141. The van der Waals surface area contributed by atoms with Crippen molar-refractivity contribution in [1.29, 1.82) is 0 Å². The lowest BCUT2D eigenvalue weighted by Crippen LogP contribution is -2.35. The first-order valence-electron chi connectivity index (χ1n) is 4.81. The zero-order valence-electron chi connectivity index (χ0n) is 8.83. The summed E-state index contributed by atoms with van der Waals surface area (Å²) in [4.78, 5) is 15.5. The van der Waals surface area contributed by atoms with E-state index in [1.54, 1.807) is 19.2 Å². The van der Waals surface area contributed by atoms with Crippen molar-refractivity contribution in [1.82, 2.24) is 4.98 Å². The standard InChI is InChI=1S/C11H14ClNO2/c1-3-11(2,15)10(14)6-8-4-5-13-7-9(8)12/h4-5,7,15H,3,6H2,1-2H3. The summed E-state index contributed by atoms with van der Waals surface area (Å²) < 4.78 is 0. The van der Waals surface area contributed by atoms with E-state index in [0.29, 0.717) is 17.0 Å². The molecule has 4 heteroatoms. The van der Waals surface area contributed by atoms with Crippen LogP contribution in [0.3, 0.4) is 0 Å². The quantitative estimate of drug-likeness (QED) is 0.856. The van der Waals surface area contributed by atoms with Crippen LogP contribution in [0, 0.1) is 0 Å². The molecule has 1 heterocycles. The van der Waals surface area contributed by atoms with Crippen molar-refractivity contribution in [2.45, 2.75) is 32.3 Å². The predicted molar refractivity (Wildman–Crippen MR) is 58.9 cm³/mol.